The Balaban J connectivity index is 2.43. The molecular formula is C17H25FN2O. The van der Waals surface area contributed by atoms with Crippen molar-refractivity contribution in [3.05, 3.63) is 29.6 Å². The van der Waals surface area contributed by atoms with E-state index >= 15 is 0 Å². The van der Waals surface area contributed by atoms with Gasteiger partial charge in [0.05, 0.1) is 0 Å². The Hall–Kier alpha value is -1.42. The van der Waals surface area contributed by atoms with Gasteiger partial charge < -0.3 is 10.1 Å². The van der Waals surface area contributed by atoms with E-state index in [-0.39, 0.29) is 5.82 Å². The third-order valence-electron chi connectivity index (χ3n) is 4.43. The lowest BCUT2D eigenvalue weighted by Gasteiger charge is -2.42. The molecule has 0 aromatic heterocycles. The quantitative estimate of drug-likeness (QED) is 0.814. The van der Waals surface area contributed by atoms with E-state index in [2.05, 4.69) is 10.2 Å². The zero-order valence-corrected chi connectivity index (χ0v) is 13.0. The first kappa shape index (κ1) is 16.0. The van der Waals surface area contributed by atoms with E-state index in [1.165, 1.54) is 18.6 Å². The van der Waals surface area contributed by atoms with Gasteiger partial charge in [0.15, 0.2) is 0 Å². The van der Waals surface area contributed by atoms with Gasteiger partial charge in [-0.15, -0.1) is 0 Å². The second kappa shape index (κ2) is 7.03. The van der Waals surface area contributed by atoms with Gasteiger partial charge in [-0.3, -0.25) is 4.90 Å². The van der Waals surface area contributed by atoms with Crippen LogP contribution >= 0.6 is 0 Å². The van der Waals surface area contributed by atoms with Crippen molar-refractivity contribution in [3.8, 4) is 0 Å². The lowest BCUT2D eigenvalue weighted by Crippen LogP contribution is -2.49. The molecule has 1 aliphatic heterocycles. The highest BCUT2D eigenvalue weighted by atomic mass is 19.1. The van der Waals surface area contributed by atoms with Crippen molar-refractivity contribution in [1.82, 2.24) is 4.90 Å². The largest absolute Gasteiger partial charge is 0.385 e. The van der Waals surface area contributed by atoms with Gasteiger partial charge in [-0.1, -0.05) is 13.3 Å². The molecule has 0 aliphatic carbocycles. The molecule has 1 aromatic carbocycles. The Labute approximate surface area is 126 Å². The summed E-state index contributed by atoms with van der Waals surface area (Å²) in [4.78, 5) is 14.2. The van der Waals surface area contributed by atoms with E-state index in [0.717, 1.165) is 50.0 Å². The zero-order chi connectivity index (χ0) is 15.3. The van der Waals surface area contributed by atoms with Crippen molar-refractivity contribution in [2.45, 2.75) is 45.1 Å². The fourth-order valence-corrected chi connectivity index (χ4v) is 3.27. The molecule has 1 atom stereocenters. The average Bonchev–Trinajstić information content (AvgIpc) is 2.50. The number of carbonyl (C=O) groups is 1. The Morgan fingerprint density at radius 3 is 2.52 bits per heavy atom. The topological polar surface area (TPSA) is 32.3 Å². The number of hydrogen-bond donors (Lipinski definition) is 1. The maximum Gasteiger partial charge on any atom is 0.144 e. The van der Waals surface area contributed by atoms with E-state index < -0.39 is 5.54 Å². The lowest BCUT2D eigenvalue weighted by molar-refractivity contribution is -0.120. The van der Waals surface area contributed by atoms with Crippen LogP contribution in [0.1, 0.15) is 45.1 Å². The summed E-state index contributed by atoms with van der Waals surface area (Å²) < 4.78 is 13.9. The third kappa shape index (κ3) is 3.26. The molecule has 0 saturated carbocycles. The molecule has 116 valence electrons. The van der Waals surface area contributed by atoms with E-state index in [1.807, 2.05) is 19.9 Å². The van der Waals surface area contributed by atoms with Crippen molar-refractivity contribution >= 4 is 12.0 Å². The number of hydrogen-bond acceptors (Lipinski definition) is 3. The van der Waals surface area contributed by atoms with Gasteiger partial charge in [-0.05, 0) is 63.0 Å². The summed E-state index contributed by atoms with van der Waals surface area (Å²) in [5.74, 6) is -0.292. The first-order valence-corrected chi connectivity index (χ1v) is 7.92. The minimum Gasteiger partial charge on any atom is -0.385 e. The maximum absolute atomic E-state index is 13.9. The predicted octanol–water partition coefficient (Wildman–Crippen LogP) is 3.55. The number of carbonyl (C=O) groups excluding carboxylic acids is 1. The number of nitrogens with one attached hydrogen (secondary N) is 1. The minimum atomic E-state index is -0.702. The summed E-state index contributed by atoms with van der Waals surface area (Å²) in [5.41, 5.74) is 0.800. The van der Waals surface area contributed by atoms with E-state index in [9.17, 15) is 9.18 Å². The number of nitrogens with zero attached hydrogens (tertiary/aromatic N) is 1. The molecule has 4 heteroatoms. The maximum atomic E-state index is 13.9. The van der Waals surface area contributed by atoms with Crippen LogP contribution in [0.3, 0.4) is 0 Å². The monoisotopic (exact) mass is 292 g/mol. The smallest absolute Gasteiger partial charge is 0.144 e. The van der Waals surface area contributed by atoms with Crippen LogP contribution in [0, 0.1) is 5.82 Å². The highest BCUT2D eigenvalue weighted by molar-refractivity contribution is 5.69. The Morgan fingerprint density at radius 2 is 1.95 bits per heavy atom. The number of benzene rings is 1. The Kier molecular flexibility index (Phi) is 5.34. The standard InChI is InChI=1S/C17H25FN2O/c1-3-17(13-21,20-8-6-5-7-9-20)14-10-15(18)12-16(11-14)19-4-2/h10-13,19H,3-9H2,1-2H3. The normalized spacial score (nSPS) is 19.0. The van der Waals surface area contributed by atoms with Gasteiger partial charge in [0.1, 0.15) is 17.6 Å². The molecule has 1 fully saturated rings. The first-order chi connectivity index (χ1) is 10.2. The molecule has 2 rings (SSSR count). The highest BCUT2D eigenvalue weighted by Gasteiger charge is 2.37. The van der Waals surface area contributed by atoms with Crippen LogP contribution < -0.4 is 5.32 Å². The molecule has 21 heavy (non-hydrogen) atoms. The molecule has 0 radical (unpaired) electrons. The van der Waals surface area contributed by atoms with Gasteiger partial charge in [0.2, 0.25) is 0 Å². The third-order valence-corrected chi connectivity index (χ3v) is 4.43. The molecule has 1 saturated heterocycles. The van der Waals surface area contributed by atoms with Gasteiger partial charge in [-0.2, -0.15) is 0 Å². The molecule has 3 nitrogen and oxygen atoms in total. The highest BCUT2D eigenvalue weighted by Crippen LogP contribution is 2.34. The van der Waals surface area contributed by atoms with Crippen molar-refractivity contribution in [2.75, 3.05) is 25.0 Å². The van der Waals surface area contributed by atoms with Crippen molar-refractivity contribution in [3.63, 3.8) is 0 Å². The second-order valence-electron chi connectivity index (χ2n) is 5.70. The van der Waals surface area contributed by atoms with Crippen LogP contribution in [-0.2, 0) is 10.3 Å². The summed E-state index contributed by atoms with van der Waals surface area (Å²) in [6, 6.07) is 4.90. The zero-order valence-electron chi connectivity index (χ0n) is 13.0. The molecule has 1 unspecified atom stereocenters. The molecule has 1 N–H and O–H groups in total. The van der Waals surface area contributed by atoms with Gasteiger partial charge in [0, 0.05) is 12.2 Å². The second-order valence-corrected chi connectivity index (χ2v) is 5.70. The number of aldehydes is 1. The van der Waals surface area contributed by atoms with Crippen molar-refractivity contribution in [2.24, 2.45) is 0 Å². The van der Waals surface area contributed by atoms with Crippen molar-refractivity contribution < 1.29 is 9.18 Å². The fraction of sp³-hybridized carbons (Fsp3) is 0.588. The fourth-order valence-electron chi connectivity index (χ4n) is 3.27. The molecule has 1 aliphatic rings. The predicted molar refractivity (Wildman–Crippen MR) is 84.0 cm³/mol. The molecule has 0 spiro atoms. The van der Waals surface area contributed by atoms with E-state index in [0.29, 0.717) is 6.42 Å². The summed E-state index contributed by atoms with van der Waals surface area (Å²) in [5, 5.41) is 3.14. The van der Waals surface area contributed by atoms with Crippen LogP contribution in [0.4, 0.5) is 10.1 Å². The minimum absolute atomic E-state index is 0.292. The lowest BCUT2D eigenvalue weighted by atomic mass is 9.85. The van der Waals surface area contributed by atoms with Crippen LogP contribution in [0.2, 0.25) is 0 Å². The summed E-state index contributed by atoms with van der Waals surface area (Å²) in [7, 11) is 0. The summed E-state index contributed by atoms with van der Waals surface area (Å²) >= 11 is 0. The number of rotatable bonds is 6. The van der Waals surface area contributed by atoms with Crippen LogP contribution in [0.15, 0.2) is 18.2 Å². The van der Waals surface area contributed by atoms with Gasteiger partial charge in [-0.25, -0.2) is 4.39 Å². The molecule has 1 heterocycles. The molecular weight excluding hydrogens is 267 g/mol. The van der Waals surface area contributed by atoms with Crippen molar-refractivity contribution in [1.29, 1.82) is 0 Å². The number of halogens is 1. The van der Waals surface area contributed by atoms with Gasteiger partial charge >= 0.3 is 0 Å². The Bertz CT molecular complexity index is 486. The summed E-state index contributed by atoms with van der Waals surface area (Å²) in [6.45, 7) is 6.51. The SMILES string of the molecule is CCNc1cc(F)cc(C(C=O)(CC)N2CCCCC2)c1. The first-order valence-electron chi connectivity index (χ1n) is 7.92. The number of piperidine rings is 1. The number of anilines is 1. The molecule has 0 amide bonds. The van der Waals surface area contributed by atoms with Crippen LogP contribution in [-0.4, -0.2) is 30.8 Å². The van der Waals surface area contributed by atoms with Gasteiger partial charge in [0.25, 0.3) is 0 Å². The van der Waals surface area contributed by atoms with E-state index in [4.69, 9.17) is 0 Å². The number of likely N-dealkylation sites (tertiary alicyclic amines) is 1. The summed E-state index contributed by atoms with van der Waals surface area (Å²) in [6.07, 6.45) is 5.07. The Morgan fingerprint density at radius 1 is 1.24 bits per heavy atom. The van der Waals surface area contributed by atoms with Crippen LogP contribution in [0.25, 0.3) is 0 Å². The molecule has 1 aromatic rings. The average molecular weight is 292 g/mol. The van der Waals surface area contributed by atoms with E-state index in [1.54, 1.807) is 0 Å². The van der Waals surface area contributed by atoms with Crippen LogP contribution in [0.5, 0.6) is 0 Å². The molecule has 0 bridgehead atoms.